The van der Waals surface area contributed by atoms with Gasteiger partial charge >= 0.3 is 0 Å². The van der Waals surface area contributed by atoms with Crippen LogP contribution in [0.15, 0.2) is 48.5 Å². The first kappa shape index (κ1) is 26.7. The summed E-state index contributed by atoms with van der Waals surface area (Å²) >= 11 is 5.98. The fourth-order valence-corrected chi connectivity index (χ4v) is 4.29. The SMILES string of the molecule is Cc1ccccc1N(CC(=O)N(Cc1ccc(Cl)cc1)[C@@H](C)C(=O)NCC(C)C)S(C)(=O)=O. The molecule has 0 aliphatic heterocycles. The van der Waals surface area contributed by atoms with Gasteiger partial charge in [0.25, 0.3) is 0 Å². The van der Waals surface area contributed by atoms with E-state index in [1.54, 1.807) is 62.4 Å². The van der Waals surface area contributed by atoms with Gasteiger partial charge in [-0.1, -0.05) is 55.8 Å². The van der Waals surface area contributed by atoms with Crippen LogP contribution in [-0.2, 0) is 26.2 Å². The highest BCUT2D eigenvalue weighted by molar-refractivity contribution is 7.92. The maximum Gasteiger partial charge on any atom is 0.244 e. The van der Waals surface area contributed by atoms with E-state index in [1.807, 2.05) is 13.8 Å². The second kappa shape index (κ2) is 11.5. The van der Waals surface area contributed by atoms with Gasteiger partial charge < -0.3 is 10.2 Å². The fraction of sp³-hybridized carbons (Fsp3) is 0.417. The van der Waals surface area contributed by atoms with Crippen molar-refractivity contribution >= 4 is 39.1 Å². The van der Waals surface area contributed by atoms with E-state index in [-0.39, 0.29) is 18.4 Å². The third kappa shape index (κ3) is 7.75. The van der Waals surface area contributed by atoms with Crippen molar-refractivity contribution in [2.24, 2.45) is 5.92 Å². The Hall–Kier alpha value is -2.58. The fourth-order valence-electron chi connectivity index (χ4n) is 3.26. The molecule has 1 atom stereocenters. The van der Waals surface area contributed by atoms with Crippen LogP contribution in [0.5, 0.6) is 0 Å². The number of carbonyl (C=O) groups excluding carboxylic acids is 2. The molecule has 180 valence electrons. The van der Waals surface area contributed by atoms with Crippen LogP contribution in [0.3, 0.4) is 0 Å². The molecule has 0 aliphatic rings. The Balaban J connectivity index is 2.36. The zero-order chi connectivity index (χ0) is 24.8. The Morgan fingerprint density at radius 2 is 1.64 bits per heavy atom. The van der Waals surface area contributed by atoms with E-state index < -0.39 is 28.5 Å². The lowest BCUT2D eigenvalue weighted by molar-refractivity contribution is -0.139. The predicted molar refractivity (Wildman–Crippen MR) is 133 cm³/mol. The van der Waals surface area contributed by atoms with Crippen LogP contribution in [-0.4, -0.2) is 50.5 Å². The number of nitrogens with one attached hydrogen (secondary N) is 1. The normalized spacial score (nSPS) is 12.3. The van der Waals surface area contributed by atoms with Gasteiger partial charge in [-0.2, -0.15) is 0 Å². The maximum atomic E-state index is 13.5. The van der Waals surface area contributed by atoms with Crippen molar-refractivity contribution in [2.45, 2.75) is 40.3 Å². The summed E-state index contributed by atoms with van der Waals surface area (Å²) in [6.45, 7) is 7.58. The van der Waals surface area contributed by atoms with Crippen molar-refractivity contribution in [3.63, 3.8) is 0 Å². The maximum absolute atomic E-state index is 13.5. The zero-order valence-corrected chi connectivity index (χ0v) is 21.3. The molecule has 0 spiro atoms. The average Bonchev–Trinajstić information content (AvgIpc) is 2.74. The lowest BCUT2D eigenvalue weighted by atomic mass is 10.1. The van der Waals surface area contributed by atoms with Crippen LogP contribution in [0.25, 0.3) is 0 Å². The molecule has 2 aromatic rings. The minimum absolute atomic E-state index is 0.137. The van der Waals surface area contributed by atoms with Crippen molar-refractivity contribution < 1.29 is 18.0 Å². The molecule has 2 aromatic carbocycles. The standard InChI is InChI=1S/C24H32ClN3O4S/c1-17(2)14-26-24(30)19(4)27(15-20-10-12-21(25)13-11-20)23(29)16-28(33(5,31)32)22-9-7-6-8-18(22)3/h6-13,17,19H,14-16H2,1-5H3,(H,26,30)/t19-/m0/s1. The lowest BCUT2D eigenvalue weighted by Gasteiger charge is -2.32. The molecule has 2 rings (SSSR count). The van der Waals surface area contributed by atoms with E-state index in [2.05, 4.69) is 5.32 Å². The number of rotatable bonds is 10. The van der Waals surface area contributed by atoms with Crippen molar-refractivity contribution in [1.29, 1.82) is 0 Å². The number of hydrogen-bond donors (Lipinski definition) is 1. The molecule has 0 aliphatic carbocycles. The summed E-state index contributed by atoms with van der Waals surface area (Å²) in [5.41, 5.74) is 1.93. The predicted octanol–water partition coefficient (Wildman–Crippen LogP) is 3.60. The number of carbonyl (C=O) groups is 2. The number of anilines is 1. The van der Waals surface area contributed by atoms with Gasteiger partial charge in [-0.3, -0.25) is 13.9 Å². The Morgan fingerprint density at radius 3 is 2.18 bits per heavy atom. The number of nitrogens with zero attached hydrogens (tertiary/aromatic N) is 2. The molecule has 0 aromatic heterocycles. The minimum Gasteiger partial charge on any atom is -0.354 e. The Morgan fingerprint density at radius 1 is 1.03 bits per heavy atom. The average molecular weight is 494 g/mol. The summed E-state index contributed by atoms with van der Waals surface area (Å²) in [4.78, 5) is 27.6. The smallest absolute Gasteiger partial charge is 0.244 e. The largest absolute Gasteiger partial charge is 0.354 e. The molecule has 0 saturated heterocycles. The van der Waals surface area contributed by atoms with Crippen molar-refractivity contribution in [1.82, 2.24) is 10.2 Å². The third-order valence-corrected chi connectivity index (χ3v) is 6.56. The molecular weight excluding hydrogens is 462 g/mol. The molecule has 0 heterocycles. The van der Waals surface area contributed by atoms with E-state index in [0.29, 0.717) is 17.3 Å². The molecule has 33 heavy (non-hydrogen) atoms. The van der Waals surface area contributed by atoms with Gasteiger partial charge in [0.1, 0.15) is 12.6 Å². The number of benzene rings is 2. The second-order valence-electron chi connectivity index (χ2n) is 8.52. The van der Waals surface area contributed by atoms with Gasteiger partial charge in [-0.15, -0.1) is 0 Å². The molecule has 0 fully saturated rings. The number of sulfonamides is 1. The highest BCUT2D eigenvalue weighted by Crippen LogP contribution is 2.23. The van der Waals surface area contributed by atoms with Crippen LogP contribution >= 0.6 is 11.6 Å². The molecule has 9 heteroatoms. The van der Waals surface area contributed by atoms with E-state index in [9.17, 15) is 18.0 Å². The molecule has 0 unspecified atom stereocenters. The second-order valence-corrected chi connectivity index (χ2v) is 10.9. The van der Waals surface area contributed by atoms with E-state index in [1.165, 1.54) is 4.90 Å². The van der Waals surface area contributed by atoms with E-state index in [4.69, 9.17) is 11.6 Å². The number of amides is 2. The molecular formula is C24H32ClN3O4S. The van der Waals surface area contributed by atoms with Gasteiger partial charge in [0, 0.05) is 18.1 Å². The van der Waals surface area contributed by atoms with Crippen LogP contribution in [0.4, 0.5) is 5.69 Å². The van der Waals surface area contributed by atoms with Gasteiger partial charge in [-0.25, -0.2) is 8.42 Å². The van der Waals surface area contributed by atoms with Gasteiger partial charge in [0.15, 0.2) is 0 Å². The summed E-state index contributed by atoms with van der Waals surface area (Å²) in [5, 5.41) is 3.41. The number of halogens is 1. The highest BCUT2D eigenvalue weighted by Gasteiger charge is 2.30. The molecule has 0 bridgehead atoms. The van der Waals surface area contributed by atoms with Crippen molar-refractivity contribution in [2.75, 3.05) is 23.7 Å². The molecule has 0 saturated carbocycles. The summed E-state index contributed by atoms with van der Waals surface area (Å²) in [7, 11) is -3.75. The highest BCUT2D eigenvalue weighted by atomic mass is 35.5. The molecule has 7 nitrogen and oxygen atoms in total. The summed E-state index contributed by atoms with van der Waals surface area (Å²) < 4.78 is 26.2. The number of hydrogen-bond acceptors (Lipinski definition) is 4. The summed E-state index contributed by atoms with van der Waals surface area (Å²) in [6, 6.07) is 13.1. The van der Waals surface area contributed by atoms with Crippen LogP contribution in [0.2, 0.25) is 5.02 Å². The first-order valence-corrected chi connectivity index (χ1v) is 13.0. The monoisotopic (exact) mass is 493 g/mol. The topological polar surface area (TPSA) is 86.8 Å². The third-order valence-electron chi connectivity index (χ3n) is 5.18. The first-order chi connectivity index (χ1) is 15.4. The van der Waals surface area contributed by atoms with Gasteiger partial charge in [0.2, 0.25) is 21.8 Å². The van der Waals surface area contributed by atoms with E-state index in [0.717, 1.165) is 21.7 Å². The first-order valence-electron chi connectivity index (χ1n) is 10.7. The van der Waals surface area contributed by atoms with Crippen molar-refractivity contribution in [3.8, 4) is 0 Å². The minimum atomic E-state index is -3.75. The number of aryl methyl sites for hydroxylation is 1. The van der Waals surface area contributed by atoms with Gasteiger partial charge in [-0.05, 0) is 49.1 Å². The Labute approximate surface area is 201 Å². The molecule has 0 radical (unpaired) electrons. The summed E-state index contributed by atoms with van der Waals surface area (Å²) in [5.74, 6) is -0.526. The Bertz CT molecular complexity index is 1070. The quantitative estimate of drug-likeness (QED) is 0.547. The molecule has 1 N–H and O–H groups in total. The molecule has 2 amide bonds. The zero-order valence-electron chi connectivity index (χ0n) is 19.7. The van der Waals surface area contributed by atoms with Gasteiger partial charge in [0.05, 0.1) is 11.9 Å². The van der Waals surface area contributed by atoms with Crippen LogP contribution in [0, 0.1) is 12.8 Å². The van der Waals surface area contributed by atoms with Crippen LogP contribution < -0.4 is 9.62 Å². The number of para-hydroxylation sites is 1. The van der Waals surface area contributed by atoms with E-state index >= 15 is 0 Å². The summed E-state index contributed by atoms with van der Waals surface area (Å²) in [6.07, 6.45) is 1.06. The lowest BCUT2D eigenvalue weighted by Crippen LogP contribution is -2.51. The van der Waals surface area contributed by atoms with Crippen LogP contribution in [0.1, 0.15) is 31.9 Å². The Kier molecular flexibility index (Phi) is 9.31. The van der Waals surface area contributed by atoms with Crippen molar-refractivity contribution in [3.05, 3.63) is 64.7 Å².